The minimum absolute atomic E-state index is 0.442. The normalized spacial score (nSPS) is 24.5. The molecule has 3 aromatic rings. The van der Waals surface area contributed by atoms with Gasteiger partial charge in [-0.15, -0.1) is 21.5 Å². The summed E-state index contributed by atoms with van der Waals surface area (Å²) in [6.07, 6.45) is 12.7. The molecule has 0 N–H and O–H groups in total. The van der Waals surface area contributed by atoms with E-state index in [1.54, 1.807) is 11.2 Å². The first-order valence-electron chi connectivity index (χ1n) is 11.7. The van der Waals surface area contributed by atoms with Crippen LogP contribution >= 0.6 is 11.3 Å². The smallest absolute Gasteiger partial charge is 0.141 e. The Morgan fingerprint density at radius 2 is 1.97 bits per heavy atom. The Bertz CT molecular complexity index is 1070. The van der Waals surface area contributed by atoms with Crippen LogP contribution in [0.2, 0.25) is 0 Å². The van der Waals surface area contributed by atoms with Gasteiger partial charge in [0.05, 0.1) is 5.39 Å². The molecule has 0 unspecified atom stereocenters. The van der Waals surface area contributed by atoms with Gasteiger partial charge < -0.3 is 9.47 Å². The van der Waals surface area contributed by atoms with Crippen LogP contribution in [0.1, 0.15) is 73.5 Å². The molecular formula is C23H30N6S. The second-order valence-corrected chi connectivity index (χ2v) is 10.5. The molecule has 1 aliphatic carbocycles. The van der Waals surface area contributed by atoms with E-state index in [0.29, 0.717) is 5.92 Å². The van der Waals surface area contributed by atoms with Gasteiger partial charge in [-0.25, -0.2) is 9.97 Å². The predicted octanol–water partition coefficient (Wildman–Crippen LogP) is 4.52. The number of anilines is 1. The molecule has 3 aromatic heterocycles. The zero-order valence-corrected chi connectivity index (χ0v) is 18.6. The van der Waals surface area contributed by atoms with Crippen LogP contribution in [-0.4, -0.2) is 37.8 Å². The maximum Gasteiger partial charge on any atom is 0.141 e. The Morgan fingerprint density at radius 1 is 1.00 bits per heavy atom. The average molecular weight is 423 g/mol. The van der Waals surface area contributed by atoms with Gasteiger partial charge >= 0.3 is 0 Å². The van der Waals surface area contributed by atoms with Crippen LogP contribution in [0.15, 0.2) is 6.33 Å². The van der Waals surface area contributed by atoms with E-state index in [1.807, 2.05) is 11.3 Å². The number of rotatable bonds is 2. The van der Waals surface area contributed by atoms with Gasteiger partial charge in [-0.1, -0.05) is 13.3 Å². The van der Waals surface area contributed by atoms with Crippen molar-refractivity contribution >= 4 is 27.4 Å². The number of aryl methyl sites for hydroxylation is 2. The highest BCUT2D eigenvalue weighted by Crippen LogP contribution is 2.41. The molecule has 0 aromatic carbocycles. The summed E-state index contributed by atoms with van der Waals surface area (Å²) >= 11 is 1.90. The lowest BCUT2D eigenvalue weighted by Gasteiger charge is -2.34. The van der Waals surface area contributed by atoms with Gasteiger partial charge in [0.1, 0.15) is 28.6 Å². The summed E-state index contributed by atoms with van der Waals surface area (Å²) in [4.78, 5) is 14.7. The van der Waals surface area contributed by atoms with Crippen molar-refractivity contribution in [2.45, 2.75) is 77.2 Å². The molecule has 6 nitrogen and oxygen atoms in total. The lowest BCUT2D eigenvalue weighted by molar-refractivity contribution is 0.464. The zero-order chi connectivity index (χ0) is 20.1. The number of fused-ring (bicyclic) bond motifs is 4. The SMILES string of the molecule is C[C@@H]1CCc2c(sc3ncnc(N4CCC[C@H](c5nnc6n5CCCCC6)C4)c23)C1. The minimum atomic E-state index is 0.442. The van der Waals surface area contributed by atoms with E-state index in [0.717, 1.165) is 37.8 Å². The maximum absolute atomic E-state index is 4.83. The fourth-order valence-electron chi connectivity index (χ4n) is 5.69. The van der Waals surface area contributed by atoms with Crippen molar-refractivity contribution in [1.82, 2.24) is 24.7 Å². The van der Waals surface area contributed by atoms with Crippen LogP contribution in [0.4, 0.5) is 5.82 Å². The minimum Gasteiger partial charge on any atom is -0.355 e. The Kier molecular flexibility index (Phi) is 4.74. The molecule has 1 fully saturated rings. The van der Waals surface area contributed by atoms with E-state index in [1.165, 1.54) is 78.8 Å². The molecule has 1 saturated heterocycles. The molecule has 0 saturated carbocycles. The fourth-order valence-corrected chi connectivity index (χ4v) is 7.03. The maximum atomic E-state index is 4.83. The number of aromatic nitrogens is 5. The summed E-state index contributed by atoms with van der Waals surface area (Å²) in [5.74, 6) is 4.79. The lowest BCUT2D eigenvalue weighted by atomic mass is 9.89. The first kappa shape index (κ1) is 18.7. The van der Waals surface area contributed by atoms with E-state index >= 15 is 0 Å². The molecular weight excluding hydrogens is 392 g/mol. The first-order chi connectivity index (χ1) is 14.8. The predicted molar refractivity (Wildman–Crippen MR) is 120 cm³/mol. The van der Waals surface area contributed by atoms with Gasteiger partial charge in [-0.3, -0.25) is 0 Å². The van der Waals surface area contributed by atoms with Crippen molar-refractivity contribution in [3.05, 3.63) is 28.4 Å². The largest absolute Gasteiger partial charge is 0.355 e. The molecule has 0 bridgehead atoms. The quantitative estimate of drug-likeness (QED) is 0.608. The number of nitrogens with zero attached hydrogens (tertiary/aromatic N) is 6. The van der Waals surface area contributed by atoms with Crippen molar-refractivity contribution in [3.63, 3.8) is 0 Å². The second-order valence-electron chi connectivity index (χ2n) is 9.45. The highest BCUT2D eigenvalue weighted by Gasteiger charge is 2.30. The molecule has 2 aliphatic heterocycles. The van der Waals surface area contributed by atoms with Gasteiger partial charge in [-0.05, 0) is 56.4 Å². The molecule has 30 heavy (non-hydrogen) atoms. The van der Waals surface area contributed by atoms with Gasteiger partial charge in [0.15, 0.2) is 0 Å². The number of thiophene rings is 1. The van der Waals surface area contributed by atoms with Crippen LogP contribution < -0.4 is 4.90 Å². The number of hydrogen-bond donors (Lipinski definition) is 0. The van der Waals surface area contributed by atoms with Gasteiger partial charge in [0.2, 0.25) is 0 Å². The van der Waals surface area contributed by atoms with E-state index in [4.69, 9.17) is 4.98 Å². The molecule has 7 heteroatoms. The van der Waals surface area contributed by atoms with Crippen LogP contribution in [0.25, 0.3) is 10.2 Å². The summed E-state index contributed by atoms with van der Waals surface area (Å²) in [6.45, 7) is 5.52. The first-order valence-corrected chi connectivity index (χ1v) is 12.5. The summed E-state index contributed by atoms with van der Waals surface area (Å²) < 4.78 is 2.44. The van der Waals surface area contributed by atoms with E-state index in [9.17, 15) is 0 Å². The Morgan fingerprint density at radius 3 is 2.93 bits per heavy atom. The van der Waals surface area contributed by atoms with Crippen LogP contribution in [-0.2, 0) is 25.8 Å². The molecule has 6 rings (SSSR count). The number of hydrogen-bond acceptors (Lipinski definition) is 6. The molecule has 3 aliphatic rings. The molecule has 5 heterocycles. The molecule has 0 amide bonds. The second kappa shape index (κ2) is 7.59. The van der Waals surface area contributed by atoms with Crippen LogP contribution in [0.3, 0.4) is 0 Å². The Balaban J connectivity index is 1.34. The summed E-state index contributed by atoms with van der Waals surface area (Å²) in [5, 5.41) is 10.6. The summed E-state index contributed by atoms with van der Waals surface area (Å²) in [5.41, 5.74) is 1.53. The van der Waals surface area contributed by atoms with Crippen LogP contribution in [0, 0.1) is 5.92 Å². The van der Waals surface area contributed by atoms with E-state index < -0.39 is 0 Å². The average Bonchev–Trinajstić information content (AvgIpc) is 3.26. The van der Waals surface area contributed by atoms with E-state index in [2.05, 4.69) is 31.6 Å². The molecule has 2 atom stereocenters. The topological polar surface area (TPSA) is 59.7 Å². The third-order valence-electron chi connectivity index (χ3n) is 7.30. The third-order valence-corrected chi connectivity index (χ3v) is 8.46. The van der Waals surface area contributed by atoms with Gasteiger partial charge in [0, 0.05) is 36.9 Å². The summed E-state index contributed by atoms with van der Waals surface area (Å²) in [7, 11) is 0. The Hall–Kier alpha value is -2.02. The molecule has 0 radical (unpaired) electrons. The van der Waals surface area contributed by atoms with E-state index in [-0.39, 0.29) is 0 Å². The van der Waals surface area contributed by atoms with Gasteiger partial charge in [-0.2, -0.15) is 0 Å². The van der Waals surface area contributed by atoms with Crippen molar-refractivity contribution in [3.8, 4) is 0 Å². The van der Waals surface area contributed by atoms with Crippen molar-refractivity contribution < 1.29 is 0 Å². The monoisotopic (exact) mass is 422 g/mol. The standard InChI is InChI=1S/C23H30N6S/c1-15-8-9-17-18(12-15)30-23-20(17)22(24-14-25-23)28-10-5-6-16(13-28)21-27-26-19-7-3-2-4-11-29(19)21/h14-16H,2-13H2,1H3/t15-,16+/m1/s1. The van der Waals surface area contributed by atoms with Crippen LogP contribution in [0.5, 0.6) is 0 Å². The highest BCUT2D eigenvalue weighted by molar-refractivity contribution is 7.19. The third kappa shape index (κ3) is 3.13. The van der Waals surface area contributed by atoms with Crippen molar-refractivity contribution in [2.75, 3.05) is 18.0 Å². The number of piperidine rings is 1. The lowest BCUT2D eigenvalue weighted by Crippen LogP contribution is -2.36. The highest BCUT2D eigenvalue weighted by atomic mass is 32.1. The van der Waals surface area contributed by atoms with Crippen molar-refractivity contribution in [2.24, 2.45) is 5.92 Å². The van der Waals surface area contributed by atoms with Crippen molar-refractivity contribution in [1.29, 1.82) is 0 Å². The molecule has 0 spiro atoms. The zero-order valence-electron chi connectivity index (χ0n) is 17.8. The van der Waals surface area contributed by atoms with Gasteiger partial charge in [0.25, 0.3) is 0 Å². The summed E-state index contributed by atoms with van der Waals surface area (Å²) in [6, 6.07) is 0. The fraction of sp³-hybridized carbons (Fsp3) is 0.652. The molecule has 158 valence electrons. The Labute approximate surface area is 181 Å².